The van der Waals surface area contributed by atoms with Gasteiger partial charge in [0, 0.05) is 13.2 Å². The summed E-state index contributed by atoms with van der Waals surface area (Å²) in [5.41, 5.74) is 2.54. The number of hydrazine groups is 1. The second-order valence-corrected chi connectivity index (χ2v) is 7.43. The third-order valence-corrected chi connectivity index (χ3v) is 1.85. The first-order valence-electron chi connectivity index (χ1n) is 3.14. The van der Waals surface area contributed by atoms with Gasteiger partial charge < -0.3 is 4.43 Å². The van der Waals surface area contributed by atoms with E-state index in [4.69, 9.17) is 10.3 Å². The standard InChI is InChI=1S/C5H16N2OSi/c1-9(2,3)8-5-4-7-6/h7H,4-6H2,1-3H3. The van der Waals surface area contributed by atoms with E-state index in [1.54, 1.807) is 0 Å². The van der Waals surface area contributed by atoms with Crippen molar-refractivity contribution in [3.63, 3.8) is 0 Å². The number of rotatable bonds is 4. The monoisotopic (exact) mass is 148 g/mol. The molecule has 0 saturated heterocycles. The topological polar surface area (TPSA) is 47.3 Å². The molecule has 0 atom stereocenters. The zero-order chi connectivity index (χ0) is 7.33. The molecule has 0 bridgehead atoms. The third-order valence-electron chi connectivity index (χ3n) is 0.781. The summed E-state index contributed by atoms with van der Waals surface area (Å²) in [6.45, 7) is 7.94. The van der Waals surface area contributed by atoms with Crippen LogP contribution in [0, 0.1) is 0 Å². The summed E-state index contributed by atoms with van der Waals surface area (Å²) in [5, 5.41) is 0. The molecule has 0 fully saturated rings. The first-order chi connectivity index (χ1) is 4.06. The Balaban J connectivity index is 3.07. The van der Waals surface area contributed by atoms with Gasteiger partial charge in [-0.1, -0.05) is 0 Å². The molecule has 3 nitrogen and oxygen atoms in total. The Morgan fingerprint density at radius 3 is 2.33 bits per heavy atom. The van der Waals surface area contributed by atoms with Gasteiger partial charge in [0.25, 0.3) is 0 Å². The van der Waals surface area contributed by atoms with E-state index in [2.05, 4.69) is 25.1 Å². The lowest BCUT2D eigenvalue weighted by atomic mass is 10.7. The van der Waals surface area contributed by atoms with Gasteiger partial charge in [0.2, 0.25) is 0 Å². The van der Waals surface area contributed by atoms with Gasteiger partial charge in [-0.3, -0.25) is 11.3 Å². The van der Waals surface area contributed by atoms with E-state index in [0.29, 0.717) is 0 Å². The minimum absolute atomic E-state index is 0.728. The highest BCUT2D eigenvalue weighted by molar-refractivity contribution is 6.69. The van der Waals surface area contributed by atoms with Crippen molar-refractivity contribution >= 4 is 8.32 Å². The van der Waals surface area contributed by atoms with Crippen LogP contribution < -0.4 is 11.3 Å². The molecule has 9 heavy (non-hydrogen) atoms. The van der Waals surface area contributed by atoms with Crippen LogP contribution in [0.1, 0.15) is 0 Å². The van der Waals surface area contributed by atoms with Gasteiger partial charge in [0.1, 0.15) is 0 Å². The summed E-state index contributed by atoms with van der Waals surface area (Å²) < 4.78 is 5.47. The van der Waals surface area contributed by atoms with E-state index in [1.165, 1.54) is 0 Å². The molecular formula is C5H16N2OSi. The van der Waals surface area contributed by atoms with E-state index >= 15 is 0 Å². The number of nitrogens with two attached hydrogens (primary N) is 1. The Morgan fingerprint density at radius 2 is 2.00 bits per heavy atom. The van der Waals surface area contributed by atoms with Crippen LogP contribution in [0.5, 0.6) is 0 Å². The molecule has 4 heteroatoms. The van der Waals surface area contributed by atoms with Gasteiger partial charge in [-0.2, -0.15) is 0 Å². The van der Waals surface area contributed by atoms with Crippen LogP contribution in [0.2, 0.25) is 19.6 Å². The number of hydrogen-bond acceptors (Lipinski definition) is 3. The summed E-state index contributed by atoms with van der Waals surface area (Å²) in [7, 11) is -1.29. The molecule has 3 N–H and O–H groups in total. The zero-order valence-electron chi connectivity index (χ0n) is 6.40. The Hall–Kier alpha value is 0.0969. The molecule has 0 spiro atoms. The second-order valence-electron chi connectivity index (χ2n) is 2.91. The van der Waals surface area contributed by atoms with E-state index in [1.807, 2.05) is 0 Å². The second kappa shape index (κ2) is 4.00. The van der Waals surface area contributed by atoms with Crippen LogP contribution in [0.3, 0.4) is 0 Å². The molecular weight excluding hydrogens is 132 g/mol. The maximum Gasteiger partial charge on any atom is 0.183 e. The molecule has 0 aromatic rings. The fourth-order valence-corrected chi connectivity index (χ4v) is 1.13. The lowest BCUT2D eigenvalue weighted by Gasteiger charge is -2.16. The summed E-state index contributed by atoms with van der Waals surface area (Å²) in [5.74, 6) is 5.04. The van der Waals surface area contributed by atoms with E-state index in [9.17, 15) is 0 Å². The van der Waals surface area contributed by atoms with Gasteiger partial charge >= 0.3 is 0 Å². The van der Waals surface area contributed by atoms with Gasteiger partial charge in [0.05, 0.1) is 0 Å². The van der Waals surface area contributed by atoms with Crippen LogP contribution >= 0.6 is 0 Å². The van der Waals surface area contributed by atoms with Crippen molar-refractivity contribution in [2.45, 2.75) is 19.6 Å². The Kier molecular flexibility index (Phi) is 4.04. The lowest BCUT2D eigenvalue weighted by molar-refractivity contribution is 0.309. The van der Waals surface area contributed by atoms with E-state index in [0.717, 1.165) is 13.2 Å². The molecule has 0 aromatic heterocycles. The van der Waals surface area contributed by atoms with Crippen molar-refractivity contribution < 1.29 is 4.43 Å². The Labute approximate surface area is 57.7 Å². The minimum atomic E-state index is -1.29. The van der Waals surface area contributed by atoms with Crippen LogP contribution in [-0.4, -0.2) is 21.5 Å². The highest BCUT2D eigenvalue weighted by Gasteiger charge is 2.12. The predicted octanol–water partition coefficient (Wildman–Crippen LogP) is 0.301. The quantitative estimate of drug-likeness (QED) is 0.261. The average Bonchev–Trinajstić information content (AvgIpc) is 1.63. The first kappa shape index (κ1) is 9.10. The smallest absolute Gasteiger partial charge is 0.183 e. The van der Waals surface area contributed by atoms with Gasteiger partial charge in [-0.15, -0.1) is 0 Å². The summed E-state index contributed by atoms with van der Waals surface area (Å²) >= 11 is 0. The SMILES string of the molecule is C[Si](C)(C)OCCNN. The van der Waals surface area contributed by atoms with Crippen molar-refractivity contribution in [1.82, 2.24) is 5.43 Å². The van der Waals surface area contributed by atoms with Crippen molar-refractivity contribution in [2.75, 3.05) is 13.2 Å². The number of hydrogen-bond donors (Lipinski definition) is 2. The first-order valence-corrected chi connectivity index (χ1v) is 6.54. The van der Waals surface area contributed by atoms with Gasteiger partial charge in [-0.25, -0.2) is 0 Å². The molecule has 0 saturated carbocycles. The molecule has 0 aliphatic heterocycles. The fourth-order valence-electron chi connectivity index (χ4n) is 0.416. The van der Waals surface area contributed by atoms with Gasteiger partial charge in [0.15, 0.2) is 8.32 Å². The zero-order valence-corrected chi connectivity index (χ0v) is 7.40. The molecule has 0 radical (unpaired) electrons. The third kappa shape index (κ3) is 8.10. The summed E-state index contributed by atoms with van der Waals surface area (Å²) in [4.78, 5) is 0. The van der Waals surface area contributed by atoms with Crippen molar-refractivity contribution in [1.29, 1.82) is 0 Å². The Bertz CT molecular complexity index is 71.8. The highest BCUT2D eigenvalue weighted by Crippen LogP contribution is 2.00. The maximum absolute atomic E-state index is 5.47. The average molecular weight is 148 g/mol. The van der Waals surface area contributed by atoms with E-state index in [-0.39, 0.29) is 0 Å². The maximum atomic E-state index is 5.47. The largest absolute Gasteiger partial charge is 0.416 e. The highest BCUT2D eigenvalue weighted by atomic mass is 28.4. The normalized spacial score (nSPS) is 12.0. The summed E-state index contributed by atoms with van der Waals surface area (Å²) in [6.07, 6.45) is 0. The predicted molar refractivity (Wildman–Crippen MR) is 41.5 cm³/mol. The van der Waals surface area contributed by atoms with Crippen molar-refractivity contribution in [2.24, 2.45) is 5.84 Å². The van der Waals surface area contributed by atoms with Crippen LogP contribution in [0.15, 0.2) is 0 Å². The Morgan fingerprint density at radius 1 is 1.44 bits per heavy atom. The van der Waals surface area contributed by atoms with Gasteiger partial charge in [-0.05, 0) is 19.6 Å². The molecule has 0 heterocycles. The van der Waals surface area contributed by atoms with E-state index < -0.39 is 8.32 Å². The molecule has 0 unspecified atom stereocenters. The molecule has 0 aromatic carbocycles. The molecule has 56 valence electrons. The van der Waals surface area contributed by atoms with Crippen molar-refractivity contribution in [3.8, 4) is 0 Å². The lowest BCUT2D eigenvalue weighted by Crippen LogP contribution is -2.32. The molecule has 0 aliphatic carbocycles. The number of nitrogens with one attached hydrogen (secondary N) is 1. The van der Waals surface area contributed by atoms with Crippen LogP contribution in [0.25, 0.3) is 0 Å². The molecule has 0 amide bonds. The molecule has 0 aliphatic rings. The van der Waals surface area contributed by atoms with Crippen LogP contribution in [-0.2, 0) is 4.43 Å². The summed E-state index contributed by atoms with van der Waals surface area (Å²) in [6, 6.07) is 0. The fraction of sp³-hybridized carbons (Fsp3) is 1.00. The van der Waals surface area contributed by atoms with Crippen LogP contribution in [0.4, 0.5) is 0 Å². The van der Waals surface area contributed by atoms with Crippen molar-refractivity contribution in [3.05, 3.63) is 0 Å². The molecule has 0 rings (SSSR count). The minimum Gasteiger partial charge on any atom is -0.416 e.